The molecular weight excluding hydrogens is 426 g/mol. The van der Waals surface area contributed by atoms with Crippen LogP contribution in [0.25, 0.3) is 0 Å². The summed E-state index contributed by atoms with van der Waals surface area (Å²) in [7, 11) is -3.78. The molecule has 0 radical (unpaired) electrons. The first-order valence-electron chi connectivity index (χ1n) is 11.3. The van der Waals surface area contributed by atoms with Crippen LogP contribution >= 0.6 is 0 Å². The van der Waals surface area contributed by atoms with Gasteiger partial charge in [0.2, 0.25) is 5.91 Å². The van der Waals surface area contributed by atoms with Crippen molar-refractivity contribution in [1.29, 1.82) is 0 Å². The van der Waals surface area contributed by atoms with Crippen LogP contribution in [-0.2, 0) is 21.2 Å². The Morgan fingerprint density at radius 1 is 0.906 bits per heavy atom. The van der Waals surface area contributed by atoms with Crippen LogP contribution in [0, 0.1) is 5.92 Å². The quantitative estimate of drug-likeness (QED) is 0.752. The van der Waals surface area contributed by atoms with Gasteiger partial charge in [-0.25, -0.2) is 8.42 Å². The maximum absolute atomic E-state index is 12.9. The van der Waals surface area contributed by atoms with Gasteiger partial charge in [-0.1, -0.05) is 0 Å². The Morgan fingerprint density at radius 2 is 1.62 bits per heavy atom. The molecule has 3 aliphatic rings. The second kappa shape index (κ2) is 8.24. The minimum atomic E-state index is -3.78. The van der Waals surface area contributed by atoms with Gasteiger partial charge in [0, 0.05) is 42.5 Å². The molecule has 0 spiro atoms. The van der Waals surface area contributed by atoms with Crippen molar-refractivity contribution in [3.8, 4) is 0 Å². The number of piperidine rings is 1. The molecule has 8 heteroatoms. The van der Waals surface area contributed by atoms with Gasteiger partial charge in [0.15, 0.2) is 0 Å². The number of anilines is 2. The summed E-state index contributed by atoms with van der Waals surface area (Å²) in [6.07, 6.45) is 5.76. The van der Waals surface area contributed by atoms with E-state index in [1.54, 1.807) is 47.4 Å². The number of nitrogens with one attached hydrogen (secondary N) is 1. The van der Waals surface area contributed by atoms with E-state index in [-0.39, 0.29) is 22.6 Å². The second-order valence-corrected chi connectivity index (χ2v) is 10.5. The Balaban J connectivity index is 1.29. The van der Waals surface area contributed by atoms with Gasteiger partial charge < -0.3 is 9.80 Å². The fourth-order valence-electron chi connectivity index (χ4n) is 4.50. The lowest BCUT2D eigenvalue weighted by Gasteiger charge is -2.26. The molecule has 2 amide bonds. The van der Waals surface area contributed by atoms with Gasteiger partial charge in [-0.05, 0) is 86.6 Å². The molecule has 1 aliphatic carbocycles. The third kappa shape index (κ3) is 4.11. The first kappa shape index (κ1) is 21.0. The molecule has 5 rings (SSSR count). The van der Waals surface area contributed by atoms with E-state index in [1.165, 1.54) is 0 Å². The number of carbonyl (C=O) groups excluding carboxylic acids is 2. The Labute approximate surface area is 188 Å². The molecule has 1 saturated heterocycles. The van der Waals surface area contributed by atoms with Crippen LogP contribution in [0.3, 0.4) is 0 Å². The summed E-state index contributed by atoms with van der Waals surface area (Å²) >= 11 is 0. The smallest absolute Gasteiger partial charge is 0.261 e. The first-order chi connectivity index (χ1) is 15.4. The number of carbonyl (C=O) groups is 2. The van der Waals surface area contributed by atoms with Gasteiger partial charge in [-0.3, -0.25) is 14.3 Å². The topological polar surface area (TPSA) is 86.8 Å². The summed E-state index contributed by atoms with van der Waals surface area (Å²) in [4.78, 5) is 28.9. The van der Waals surface area contributed by atoms with Gasteiger partial charge in [-0.15, -0.1) is 0 Å². The normalized spacial score (nSPS) is 18.4. The molecule has 2 aliphatic heterocycles. The molecule has 1 N–H and O–H groups in total. The minimum Gasteiger partial charge on any atom is -0.339 e. The fourth-order valence-corrected chi connectivity index (χ4v) is 5.61. The van der Waals surface area contributed by atoms with E-state index in [4.69, 9.17) is 0 Å². The third-order valence-corrected chi connectivity index (χ3v) is 7.86. The highest BCUT2D eigenvalue weighted by atomic mass is 32.2. The van der Waals surface area contributed by atoms with E-state index in [1.807, 2.05) is 4.90 Å². The number of fused-ring (bicyclic) bond motifs is 1. The van der Waals surface area contributed by atoms with Crippen molar-refractivity contribution in [3.63, 3.8) is 0 Å². The van der Waals surface area contributed by atoms with Gasteiger partial charge in [0.05, 0.1) is 4.90 Å². The largest absolute Gasteiger partial charge is 0.339 e. The summed E-state index contributed by atoms with van der Waals surface area (Å²) in [6, 6.07) is 11.5. The molecule has 2 aromatic carbocycles. The minimum absolute atomic E-state index is 0.0111. The highest BCUT2D eigenvalue weighted by Crippen LogP contribution is 2.37. The molecule has 7 nitrogen and oxygen atoms in total. The van der Waals surface area contributed by atoms with E-state index in [0.29, 0.717) is 24.2 Å². The highest BCUT2D eigenvalue weighted by molar-refractivity contribution is 7.92. The second-order valence-electron chi connectivity index (χ2n) is 8.84. The number of sulfonamides is 1. The summed E-state index contributed by atoms with van der Waals surface area (Å²) in [5.74, 6) is 0.274. The van der Waals surface area contributed by atoms with Crippen LogP contribution in [0.2, 0.25) is 0 Å². The highest BCUT2D eigenvalue weighted by Gasteiger charge is 2.36. The van der Waals surface area contributed by atoms with E-state index < -0.39 is 10.0 Å². The Bertz CT molecular complexity index is 1150. The third-order valence-electron chi connectivity index (χ3n) is 6.48. The summed E-state index contributed by atoms with van der Waals surface area (Å²) in [5, 5.41) is 0. The van der Waals surface area contributed by atoms with Gasteiger partial charge >= 0.3 is 0 Å². The van der Waals surface area contributed by atoms with Crippen molar-refractivity contribution >= 4 is 33.2 Å². The number of rotatable bonds is 5. The standard InChI is InChI=1S/C24H27N3O4S/c28-23(26-13-2-1-3-14-26)17-6-8-20(9-7-17)25-32(30,31)21-10-11-22-19(16-21)12-15-27(22)24(29)18-4-5-18/h6-11,16,18,25H,1-5,12-15H2. The molecule has 0 atom stereocenters. The Hall–Kier alpha value is -2.87. The fraction of sp³-hybridized carbons (Fsp3) is 0.417. The monoisotopic (exact) mass is 453 g/mol. The van der Waals surface area contributed by atoms with E-state index >= 15 is 0 Å². The number of hydrogen-bond donors (Lipinski definition) is 1. The average molecular weight is 454 g/mol. The zero-order chi connectivity index (χ0) is 22.3. The van der Waals surface area contributed by atoms with Crippen molar-refractivity contribution in [2.24, 2.45) is 5.92 Å². The van der Waals surface area contributed by atoms with Crippen molar-refractivity contribution in [3.05, 3.63) is 53.6 Å². The molecule has 2 fully saturated rings. The van der Waals surface area contributed by atoms with E-state index in [0.717, 1.165) is 56.4 Å². The van der Waals surface area contributed by atoms with Crippen molar-refractivity contribution in [1.82, 2.24) is 4.90 Å². The molecule has 0 unspecified atom stereocenters. The van der Waals surface area contributed by atoms with Crippen LogP contribution in [0.15, 0.2) is 47.4 Å². The maximum Gasteiger partial charge on any atom is 0.261 e. The number of amides is 2. The van der Waals surface area contributed by atoms with Crippen molar-refractivity contribution in [2.45, 2.75) is 43.4 Å². The lowest BCUT2D eigenvalue weighted by atomic mass is 10.1. The molecular formula is C24H27N3O4S. The molecule has 32 heavy (non-hydrogen) atoms. The predicted molar refractivity (Wildman–Crippen MR) is 122 cm³/mol. The molecule has 1 saturated carbocycles. The van der Waals surface area contributed by atoms with Crippen LogP contribution in [0.5, 0.6) is 0 Å². The molecule has 2 heterocycles. The van der Waals surface area contributed by atoms with E-state index in [9.17, 15) is 18.0 Å². The first-order valence-corrected chi connectivity index (χ1v) is 12.8. The van der Waals surface area contributed by atoms with Crippen LogP contribution in [0.4, 0.5) is 11.4 Å². The summed E-state index contributed by atoms with van der Waals surface area (Å²) in [5.41, 5.74) is 2.67. The lowest BCUT2D eigenvalue weighted by molar-refractivity contribution is -0.119. The van der Waals surface area contributed by atoms with E-state index in [2.05, 4.69) is 4.72 Å². The molecule has 168 valence electrons. The number of nitrogens with zero attached hydrogens (tertiary/aromatic N) is 2. The zero-order valence-electron chi connectivity index (χ0n) is 17.9. The Morgan fingerprint density at radius 3 is 2.31 bits per heavy atom. The SMILES string of the molecule is O=C(c1ccc(NS(=O)(=O)c2ccc3c(c2)CCN3C(=O)C2CC2)cc1)N1CCCCC1. The Kier molecular flexibility index (Phi) is 5.41. The number of hydrogen-bond acceptors (Lipinski definition) is 4. The van der Waals surface area contributed by atoms with Crippen LogP contribution < -0.4 is 9.62 Å². The zero-order valence-corrected chi connectivity index (χ0v) is 18.7. The maximum atomic E-state index is 12.9. The lowest BCUT2D eigenvalue weighted by Crippen LogP contribution is -2.35. The van der Waals surface area contributed by atoms with Crippen molar-refractivity contribution < 1.29 is 18.0 Å². The summed E-state index contributed by atoms with van der Waals surface area (Å²) in [6.45, 7) is 2.15. The molecule has 0 aromatic heterocycles. The van der Waals surface area contributed by atoms with Crippen LogP contribution in [-0.4, -0.2) is 44.8 Å². The average Bonchev–Trinajstić information content (AvgIpc) is 3.58. The van der Waals surface area contributed by atoms with Gasteiger partial charge in [0.1, 0.15) is 0 Å². The molecule has 0 bridgehead atoms. The molecule has 2 aromatic rings. The van der Waals surface area contributed by atoms with Gasteiger partial charge in [-0.2, -0.15) is 0 Å². The number of benzene rings is 2. The summed E-state index contributed by atoms with van der Waals surface area (Å²) < 4.78 is 28.5. The number of likely N-dealkylation sites (tertiary alicyclic amines) is 1. The van der Waals surface area contributed by atoms with Crippen molar-refractivity contribution in [2.75, 3.05) is 29.3 Å². The predicted octanol–water partition coefficient (Wildman–Crippen LogP) is 3.41. The van der Waals surface area contributed by atoms with Gasteiger partial charge in [0.25, 0.3) is 15.9 Å². The van der Waals surface area contributed by atoms with Crippen LogP contribution in [0.1, 0.15) is 48.0 Å².